The van der Waals surface area contributed by atoms with Gasteiger partial charge in [0.1, 0.15) is 5.54 Å². The first-order valence-corrected chi connectivity index (χ1v) is 7.43. The summed E-state index contributed by atoms with van der Waals surface area (Å²) in [7, 11) is 0. The highest BCUT2D eigenvalue weighted by atomic mass is 15.2. The minimum Gasteiger partial charge on any atom is -0.299 e. The van der Waals surface area contributed by atoms with Crippen molar-refractivity contribution in [2.75, 3.05) is 19.6 Å². The van der Waals surface area contributed by atoms with Crippen molar-refractivity contribution < 1.29 is 0 Å². The van der Waals surface area contributed by atoms with E-state index in [0.29, 0.717) is 6.04 Å². The number of unbranched alkanes of at least 4 members (excludes halogenated alkanes) is 1. The molecule has 0 aromatic carbocycles. The van der Waals surface area contributed by atoms with Crippen LogP contribution in [0.1, 0.15) is 60.3 Å². The summed E-state index contributed by atoms with van der Waals surface area (Å²) in [5.41, 5.74) is -0.423. The molecule has 0 saturated carbocycles. The van der Waals surface area contributed by atoms with Crippen LogP contribution in [0.2, 0.25) is 0 Å². The Morgan fingerprint density at radius 3 is 2.39 bits per heavy atom. The molecule has 106 valence electrons. The minimum absolute atomic E-state index is 0.423. The van der Waals surface area contributed by atoms with Crippen molar-refractivity contribution in [3.8, 4) is 6.07 Å². The topological polar surface area (TPSA) is 39.1 Å². The lowest BCUT2D eigenvalue weighted by atomic mass is 10.0. The van der Waals surface area contributed by atoms with Crippen LogP contribution < -0.4 is 5.32 Å². The SMILES string of the molecule is CCCCN(CC(C)(C#N)NCCC)C(C)CC. The van der Waals surface area contributed by atoms with Gasteiger partial charge in [-0.15, -0.1) is 0 Å². The molecule has 3 nitrogen and oxygen atoms in total. The molecule has 1 N–H and O–H groups in total. The maximum absolute atomic E-state index is 9.40. The van der Waals surface area contributed by atoms with Gasteiger partial charge in [0.05, 0.1) is 6.07 Å². The molecule has 18 heavy (non-hydrogen) atoms. The van der Waals surface area contributed by atoms with Gasteiger partial charge in [-0.1, -0.05) is 27.2 Å². The molecule has 0 aliphatic rings. The van der Waals surface area contributed by atoms with Gasteiger partial charge >= 0.3 is 0 Å². The summed E-state index contributed by atoms with van der Waals surface area (Å²) in [4.78, 5) is 2.45. The average Bonchev–Trinajstić information content (AvgIpc) is 2.40. The predicted molar refractivity (Wildman–Crippen MR) is 78.5 cm³/mol. The molecular formula is C15H31N3. The Morgan fingerprint density at radius 1 is 1.28 bits per heavy atom. The fraction of sp³-hybridized carbons (Fsp3) is 0.933. The molecule has 0 amide bonds. The first-order valence-electron chi connectivity index (χ1n) is 7.43. The van der Waals surface area contributed by atoms with Crippen LogP contribution in [0.5, 0.6) is 0 Å². The van der Waals surface area contributed by atoms with Crippen LogP contribution in [0.4, 0.5) is 0 Å². The summed E-state index contributed by atoms with van der Waals surface area (Å²) in [6.45, 7) is 13.7. The van der Waals surface area contributed by atoms with E-state index in [9.17, 15) is 5.26 Å². The predicted octanol–water partition coefficient (Wildman–Crippen LogP) is 3.17. The van der Waals surface area contributed by atoms with Crippen molar-refractivity contribution in [3.63, 3.8) is 0 Å². The highest BCUT2D eigenvalue weighted by molar-refractivity contribution is 5.06. The second kappa shape index (κ2) is 9.35. The number of nitrogens with zero attached hydrogens (tertiary/aromatic N) is 2. The number of rotatable bonds is 10. The summed E-state index contributed by atoms with van der Waals surface area (Å²) in [5.74, 6) is 0. The molecule has 3 heteroatoms. The molecule has 0 aliphatic heterocycles. The highest BCUT2D eigenvalue weighted by Crippen LogP contribution is 2.12. The summed E-state index contributed by atoms with van der Waals surface area (Å²) in [6.07, 6.45) is 4.62. The van der Waals surface area contributed by atoms with Gasteiger partial charge in [-0.25, -0.2) is 0 Å². The summed E-state index contributed by atoms with van der Waals surface area (Å²) >= 11 is 0. The summed E-state index contributed by atoms with van der Waals surface area (Å²) in [5, 5.41) is 12.8. The molecule has 2 unspecified atom stereocenters. The Labute approximate surface area is 114 Å². The molecule has 0 rings (SSSR count). The van der Waals surface area contributed by atoms with Crippen molar-refractivity contribution >= 4 is 0 Å². The molecule has 0 aliphatic carbocycles. The van der Waals surface area contributed by atoms with E-state index >= 15 is 0 Å². The monoisotopic (exact) mass is 253 g/mol. The Bertz CT molecular complexity index is 247. The number of nitrogens with one attached hydrogen (secondary N) is 1. The van der Waals surface area contributed by atoms with Crippen molar-refractivity contribution in [1.29, 1.82) is 5.26 Å². The third kappa shape index (κ3) is 6.37. The van der Waals surface area contributed by atoms with Crippen LogP contribution >= 0.6 is 0 Å². The molecule has 0 fully saturated rings. The number of nitriles is 1. The molecule has 2 atom stereocenters. The van der Waals surface area contributed by atoms with Crippen LogP contribution in [0.25, 0.3) is 0 Å². The van der Waals surface area contributed by atoms with Crippen molar-refractivity contribution in [3.05, 3.63) is 0 Å². The van der Waals surface area contributed by atoms with Crippen molar-refractivity contribution in [1.82, 2.24) is 10.2 Å². The largest absolute Gasteiger partial charge is 0.299 e. The van der Waals surface area contributed by atoms with Gasteiger partial charge in [-0.3, -0.25) is 10.2 Å². The minimum atomic E-state index is -0.423. The first kappa shape index (κ1) is 17.4. The van der Waals surface area contributed by atoms with Gasteiger partial charge in [0, 0.05) is 12.6 Å². The number of hydrogen-bond acceptors (Lipinski definition) is 3. The zero-order valence-electron chi connectivity index (χ0n) is 12.9. The zero-order valence-corrected chi connectivity index (χ0v) is 12.9. The van der Waals surface area contributed by atoms with Gasteiger partial charge in [0.15, 0.2) is 0 Å². The van der Waals surface area contributed by atoms with E-state index in [1.54, 1.807) is 0 Å². The fourth-order valence-corrected chi connectivity index (χ4v) is 2.01. The third-order valence-corrected chi connectivity index (χ3v) is 3.54. The quantitative estimate of drug-likeness (QED) is 0.650. The van der Waals surface area contributed by atoms with Gasteiger partial charge in [-0.2, -0.15) is 5.26 Å². The average molecular weight is 253 g/mol. The van der Waals surface area contributed by atoms with E-state index in [0.717, 1.165) is 32.5 Å². The number of hydrogen-bond donors (Lipinski definition) is 1. The third-order valence-electron chi connectivity index (χ3n) is 3.54. The van der Waals surface area contributed by atoms with E-state index in [2.05, 4.69) is 44.0 Å². The Hall–Kier alpha value is -0.590. The van der Waals surface area contributed by atoms with E-state index in [1.807, 2.05) is 6.92 Å². The molecule has 0 spiro atoms. The van der Waals surface area contributed by atoms with Gasteiger partial charge in [0.2, 0.25) is 0 Å². The smallest absolute Gasteiger partial charge is 0.116 e. The zero-order chi connectivity index (χ0) is 14.0. The van der Waals surface area contributed by atoms with E-state index in [-0.39, 0.29) is 0 Å². The highest BCUT2D eigenvalue weighted by Gasteiger charge is 2.27. The van der Waals surface area contributed by atoms with Crippen LogP contribution in [0, 0.1) is 11.3 Å². The molecule has 0 saturated heterocycles. The standard InChI is InChI=1S/C15H31N3/c1-6-9-11-18(14(4)8-3)13-15(5,12-16)17-10-7-2/h14,17H,6-11,13H2,1-5H3. The fourth-order valence-electron chi connectivity index (χ4n) is 2.01. The second-order valence-corrected chi connectivity index (χ2v) is 5.45. The first-order chi connectivity index (χ1) is 8.52. The normalized spacial score (nSPS) is 16.3. The van der Waals surface area contributed by atoms with Crippen molar-refractivity contribution in [2.45, 2.75) is 71.9 Å². The van der Waals surface area contributed by atoms with E-state index < -0.39 is 5.54 Å². The van der Waals surface area contributed by atoms with Crippen molar-refractivity contribution in [2.24, 2.45) is 0 Å². The Balaban J connectivity index is 4.55. The molecule has 0 radical (unpaired) electrons. The Kier molecular flexibility index (Phi) is 9.05. The maximum Gasteiger partial charge on any atom is 0.116 e. The molecule has 0 aromatic rings. The Morgan fingerprint density at radius 2 is 1.94 bits per heavy atom. The van der Waals surface area contributed by atoms with Crippen LogP contribution in [0.3, 0.4) is 0 Å². The van der Waals surface area contributed by atoms with E-state index in [1.165, 1.54) is 12.8 Å². The van der Waals surface area contributed by atoms with E-state index in [4.69, 9.17) is 0 Å². The van der Waals surface area contributed by atoms with Crippen LogP contribution in [-0.2, 0) is 0 Å². The van der Waals surface area contributed by atoms with Gasteiger partial charge in [-0.05, 0) is 46.2 Å². The lowest BCUT2D eigenvalue weighted by molar-refractivity contribution is 0.164. The van der Waals surface area contributed by atoms with Gasteiger partial charge < -0.3 is 0 Å². The maximum atomic E-state index is 9.40. The summed E-state index contributed by atoms with van der Waals surface area (Å²) in [6, 6.07) is 3.00. The molecule has 0 bridgehead atoms. The lowest BCUT2D eigenvalue weighted by Gasteiger charge is -2.35. The van der Waals surface area contributed by atoms with Crippen LogP contribution in [0.15, 0.2) is 0 Å². The summed E-state index contributed by atoms with van der Waals surface area (Å²) < 4.78 is 0. The lowest BCUT2D eigenvalue weighted by Crippen LogP contribution is -2.52. The van der Waals surface area contributed by atoms with Crippen LogP contribution in [-0.4, -0.2) is 36.1 Å². The van der Waals surface area contributed by atoms with Gasteiger partial charge in [0.25, 0.3) is 0 Å². The second-order valence-electron chi connectivity index (χ2n) is 5.45. The molecule has 0 aromatic heterocycles. The molecule has 0 heterocycles. The molecular weight excluding hydrogens is 222 g/mol.